The summed E-state index contributed by atoms with van der Waals surface area (Å²) >= 11 is 6.30. The Morgan fingerprint density at radius 3 is 2.24 bits per heavy atom. The van der Waals surface area contributed by atoms with Crippen LogP contribution < -0.4 is 14.4 Å². The molecule has 0 fully saturated rings. The summed E-state index contributed by atoms with van der Waals surface area (Å²) in [6, 6.07) is 24.5. The third-order valence-electron chi connectivity index (χ3n) is 8.12. The summed E-state index contributed by atoms with van der Waals surface area (Å²) in [5.74, 6) is -0.631. The van der Waals surface area contributed by atoms with Crippen LogP contribution in [0.1, 0.15) is 37.0 Å². The lowest BCUT2D eigenvalue weighted by Crippen LogP contribution is -2.54. The number of ether oxygens (including phenoxy) is 1. The van der Waals surface area contributed by atoms with Crippen molar-refractivity contribution >= 4 is 44.8 Å². The van der Waals surface area contributed by atoms with Crippen LogP contribution in [-0.2, 0) is 32.6 Å². The Bertz CT molecular complexity index is 1890. The average molecular weight is 707 g/mol. The van der Waals surface area contributed by atoms with Crippen LogP contribution in [-0.4, -0.2) is 55.8 Å². The molecule has 0 bridgehead atoms. The number of carbonyl (C=O) groups is 2. The molecular weight excluding hydrogens is 668 g/mol. The van der Waals surface area contributed by atoms with Crippen molar-refractivity contribution in [3.05, 3.63) is 129 Å². The van der Waals surface area contributed by atoms with E-state index in [0.29, 0.717) is 22.8 Å². The summed E-state index contributed by atoms with van der Waals surface area (Å²) in [7, 11) is -3.10. The van der Waals surface area contributed by atoms with Gasteiger partial charge in [-0.25, -0.2) is 8.42 Å². The summed E-state index contributed by atoms with van der Waals surface area (Å²) in [6.45, 7) is 4.51. The molecule has 0 spiro atoms. The SMILES string of the molecule is CC[C@@H](C)NC(=O)[C@H](Cc1ccccc1)N(Cc1cccc(Cl)c1)C(=O)CN(c1ccc(OC)cc1)S(=O)(=O)c1ccc(C)c([N+](=O)[O-])c1. The first kappa shape index (κ1) is 36.9. The molecule has 2 atom stereocenters. The topological polar surface area (TPSA) is 139 Å². The van der Waals surface area contributed by atoms with Gasteiger partial charge in [0.25, 0.3) is 15.7 Å². The third kappa shape index (κ3) is 9.36. The number of benzene rings is 4. The van der Waals surface area contributed by atoms with Crippen LogP contribution in [0.25, 0.3) is 0 Å². The van der Waals surface area contributed by atoms with Gasteiger partial charge in [0.1, 0.15) is 18.3 Å². The van der Waals surface area contributed by atoms with Crippen LogP contribution in [0.15, 0.2) is 102 Å². The van der Waals surface area contributed by atoms with E-state index >= 15 is 0 Å². The van der Waals surface area contributed by atoms with Crippen molar-refractivity contribution in [2.45, 2.75) is 57.1 Å². The molecule has 0 aromatic heterocycles. The predicted molar refractivity (Wildman–Crippen MR) is 189 cm³/mol. The molecule has 0 aliphatic carbocycles. The smallest absolute Gasteiger partial charge is 0.273 e. The van der Waals surface area contributed by atoms with E-state index in [-0.39, 0.29) is 40.8 Å². The van der Waals surface area contributed by atoms with E-state index in [1.165, 1.54) is 43.2 Å². The number of methoxy groups -OCH3 is 1. The number of amides is 2. The molecule has 0 aliphatic heterocycles. The number of sulfonamides is 1. The first-order chi connectivity index (χ1) is 23.3. The number of hydrogen-bond donors (Lipinski definition) is 1. The predicted octanol–water partition coefficient (Wildman–Crippen LogP) is 6.32. The number of nitrogens with one attached hydrogen (secondary N) is 1. The molecule has 11 nitrogen and oxygen atoms in total. The summed E-state index contributed by atoms with van der Waals surface area (Å²) in [5, 5.41) is 15.2. The minimum absolute atomic E-state index is 0.0582. The largest absolute Gasteiger partial charge is 0.497 e. The van der Waals surface area contributed by atoms with Crippen LogP contribution in [0.4, 0.5) is 11.4 Å². The highest BCUT2D eigenvalue weighted by atomic mass is 35.5. The van der Waals surface area contributed by atoms with Crippen molar-refractivity contribution in [3.63, 3.8) is 0 Å². The van der Waals surface area contributed by atoms with Gasteiger partial charge in [0.15, 0.2) is 0 Å². The first-order valence-corrected chi connectivity index (χ1v) is 17.5. The van der Waals surface area contributed by atoms with Gasteiger partial charge in [-0.1, -0.05) is 67.1 Å². The highest BCUT2D eigenvalue weighted by Gasteiger charge is 2.35. The van der Waals surface area contributed by atoms with Crippen molar-refractivity contribution in [2.24, 2.45) is 0 Å². The van der Waals surface area contributed by atoms with E-state index in [0.717, 1.165) is 15.9 Å². The zero-order valence-corrected chi connectivity index (χ0v) is 29.3. The number of carbonyl (C=O) groups excluding carboxylic acids is 2. The maximum atomic E-state index is 14.6. The van der Waals surface area contributed by atoms with Gasteiger partial charge in [-0.3, -0.25) is 24.0 Å². The molecule has 4 aromatic carbocycles. The Morgan fingerprint density at radius 2 is 1.63 bits per heavy atom. The molecule has 0 saturated heterocycles. The molecule has 2 amide bonds. The van der Waals surface area contributed by atoms with Gasteiger partial charge < -0.3 is 15.0 Å². The lowest BCUT2D eigenvalue weighted by molar-refractivity contribution is -0.385. The molecule has 0 unspecified atom stereocenters. The standard InChI is InChI=1S/C36H39ClN4O7S/c1-5-26(3)38-36(43)34(21-27-10-7-6-8-11-27)39(23-28-12-9-13-29(37)20-28)35(42)24-40(30-15-17-31(48-4)18-16-30)49(46,47)32-19-14-25(2)33(22-32)41(44)45/h6-20,22,26,34H,5,21,23-24H2,1-4H3,(H,38,43)/t26-,34+/m1/s1. The van der Waals surface area contributed by atoms with Crippen LogP contribution in [0.3, 0.4) is 0 Å². The van der Waals surface area contributed by atoms with Crippen molar-refractivity contribution in [1.82, 2.24) is 10.2 Å². The number of anilines is 1. The fourth-order valence-corrected chi connectivity index (χ4v) is 6.83. The molecule has 4 rings (SSSR count). The van der Waals surface area contributed by atoms with Gasteiger partial charge in [0.2, 0.25) is 11.8 Å². The van der Waals surface area contributed by atoms with Gasteiger partial charge in [-0.15, -0.1) is 0 Å². The lowest BCUT2D eigenvalue weighted by atomic mass is 10.0. The Balaban J connectivity index is 1.85. The van der Waals surface area contributed by atoms with E-state index in [1.54, 1.807) is 36.4 Å². The first-order valence-electron chi connectivity index (χ1n) is 15.6. The summed E-state index contributed by atoms with van der Waals surface area (Å²) in [5.41, 5.74) is 1.43. The monoisotopic (exact) mass is 706 g/mol. The molecule has 0 heterocycles. The highest BCUT2D eigenvalue weighted by molar-refractivity contribution is 7.92. The summed E-state index contributed by atoms with van der Waals surface area (Å²) in [4.78, 5) is 40.6. The number of nitrogens with zero attached hydrogens (tertiary/aromatic N) is 3. The van der Waals surface area contributed by atoms with E-state index in [2.05, 4.69) is 5.32 Å². The minimum atomic E-state index is -4.56. The van der Waals surface area contributed by atoms with Crippen LogP contribution in [0, 0.1) is 17.0 Å². The highest BCUT2D eigenvalue weighted by Crippen LogP contribution is 2.30. The zero-order chi connectivity index (χ0) is 35.7. The second kappa shape index (κ2) is 16.4. The number of rotatable bonds is 15. The van der Waals surface area contributed by atoms with Crippen molar-refractivity contribution in [3.8, 4) is 5.75 Å². The van der Waals surface area contributed by atoms with Gasteiger partial charge in [0.05, 0.1) is 22.6 Å². The van der Waals surface area contributed by atoms with Crippen molar-refractivity contribution in [2.75, 3.05) is 18.0 Å². The molecule has 49 heavy (non-hydrogen) atoms. The fraction of sp³-hybridized carbons (Fsp3) is 0.278. The third-order valence-corrected chi connectivity index (χ3v) is 10.1. The van der Waals surface area contributed by atoms with Crippen LogP contribution in [0.2, 0.25) is 5.02 Å². The number of nitro groups is 1. The number of halogens is 1. The van der Waals surface area contributed by atoms with Gasteiger partial charge in [-0.05, 0) is 73.9 Å². The van der Waals surface area contributed by atoms with E-state index in [9.17, 15) is 28.1 Å². The number of nitro benzene ring substituents is 1. The molecule has 0 aliphatic rings. The average Bonchev–Trinajstić information content (AvgIpc) is 3.09. The van der Waals surface area contributed by atoms with E-state index in [4.69, 9.17) is 16.3 Å². The van der Waals surface area contributed by atoms with Gasteiger partial charge >= 0.3 is 0 Å². The van der Waals surface area contributed by atoms with Crippen LogP contribution in [0.5, 0.6) is 5.75 Å². The van der Waals surface area contributed by atoms with E-state index < -0.39 is 39.3 Å². The fourth-order valence-electron chi connectivity index (χ4n) is 5.18. The molecule has 13 heteroatoms. The van der Waals surface area contributed by atoms with Gasteiger partial charge in [-0.2, -0.15) is 0 Å². The summed E-state index contributed by atoms with van der Waals surface area (Å²) < 4.78 is 34.8. The number of aryl methyl sites for hydroxylation is 1. The lowest BCUT2D eigenvalue weighted by Gasteiger charge is -2.34. The van der Waals surface area contributed by atoms with E-state index in [1.807, 2.05) is 44.2 Å². The Kier molecular flexibility index (Phi) is 12.4. The molecule has 4 aromatic rings. The maximum absolute atomic E-state index is 14.6. The Labute approximate surface area is 291 Å². The second-order valence-electron chi connectivity index (χ2n) is 11.6. The second-order valence-corrected chi connectivity index (χ2v) is 13.9. The summed E-state index contributed by atoms with van der Waals surface area (Å²) in [6.07, 6.45) is 0.799. The van der Waals surface area contributed by atoms with Crippen molar-refractivity contribution < 1.29 is 27.7 Å². The van der Waals surface area contributed by atoms with Crippen molar-refractivity contribution in [1.29, 1.82) is 0 Å². The normalized spacial score (nSPS) is 12.4. The zero-order valence-electron chi connectivity index (χ0n) is 27.7. The quantitative estimate of drug-likeness (QED) is 0.113. The molecule has 258 valence electrons. The van der Waals surface area contributed by atoms with Crippen LogP contribution >= 0.6 is 11.6 Å². The Morgan fingerprint density at radius 1 is 0.959 bits per heavy atom. The Hall–Kier alpha value is -4.94. The number of hydrogen-bond acceptors (Lipinski definition) is 7. The minimum Gasteiger partial charge on any atom is -0.497 e. The molecule has 0 saturated carbocycles. The van der Waals surface area contributed by atoms with Gasteiger partial charge in [0, 0.05) is 35.7 Å². The maximum Gasteiger partial charge on any atom is 0.273 e. The molecular formula is C36H39ClN4O7S. The molecule has 1 N–H and O–H groups in total. The molecule has 0 radical (unpaired) electrons.